The SMILES string of the molecule is C=C(C)OOCC(O)CNC. The van der Waals surface area contributed by atoms with Gasteiger partial charge in [0.15, 0.2) is 0 Å². The van der Waals surface area contributed by atoms with Crippen LogP contribution in [0.15, 0.2) is 12.3 Å². The number of allylic oxidation sites excluding steroid dienone is 1. The van der Waals surface area contributed by atoms with Crippen LogP contribution in [0.3, 0.4) is 0 Å². The van der Waals surface area contributed by atoms with Crippen molar-refractivity contribution in [2.24, 2.45) is 0 Å². The first kappa shape index (κ1) is 10.4. The Morgan fingerprint density at radius 3 is 2.82 bits per heavy atom. The molecule has 0 aliphatic rings. The van der Waals surface area contributed by atoms with E-state index < -0.39 is 6.10 Å². The summed E-state index contributed by atoms with van der Waals surface area (Å²) in [6.07, 6.45) is -0.542. The molecule has 0 aromatic carbocycles. The highest BCUT2D eigenvalue weighted by Crippen LogP contribution is 1.92. The maximum Gasteiger partial charge on any atom is 0.132 e. The molecule has 0 saturated carbocycles. The molecule has 66 valence electrons. The van der Waals surface area contributed by atoms with Crippen LogP contribution in [0.5, 0.6) is 0 Å². The molecule has 0 amide bonds. The zero-order valence-electron chi connectivity index (χ0n) is 6.96. The van der Waals surface area contributed by atoms with Crippen LogP contribution in [0, 0.1) is 0 Å². The van der Waals surface area contributed by atoms with E-state index in [9.17, 15) is 0 Å². The van der Waals surface area contributed by atoms with E-state index in [0.29, 0.717) is 12.3 Å². The number of likely N-dealkylation sites (N-methyl/N-ethyl adjacent to an activating group) is 1. The van der Waals surface area contributed by atoms with Crippen molar-refractivity contribution in [3.05, 3.63) is 12.3 Å². The summed E-state index contributed by atoms with van der Waals surface area (Å²) >= 11 is 0. The Balaban J connectivity index is 3.16. The molecule has 4 nitrogen and oxygen atoms in total. The molecular formula is C7H15NO3. The van der Waals surface area contributed by atoms with E-state index in [0.717, 1.165) is 0 Å². The number of hydrogen-bond donors (Lipinski definition) is 2. The third-order valence-corrected chi connectivity index (χ3v) is 0.901. The minimum atomic E-state index is -0.542. The van der Waals surface area contributed by atoms with E-state index in [1.54, 1.807) is 14.0 Å². The molecule has 0 aliphatic heterocycles. The van der Waals surface area contributed by atoms with Gasteiger partial charge in [0, 0.05) is 6.54 Å². The standard InChI is InChI=1S/C7H15NO3/c1-6(2)11-10-5-7(9)4-8-3/h7-9H,1,4-5H2,2-3H3. The third kappa shape index (κ3) is 7.32. The number of hydrogen-bond acceptors (Lipinski definition) is 4. The quantitative estimate of drug-likeness (QED) is 0.328. The molecule has 0 rings (SSSR count). The molecule has 0 spiro atoms. The van der Waals surface area contributed by atoms with E-state index >= 15 is 0 Å². The van der Waals surface area contributed by atoms with E-state index in [-0.39, 0.29) is 6.61 Å². The lowest BCUT2D eigenvalue weighted by Gasteiger charge is -2.09. The summed E-state index contributed by atoms with van der Waals surface area (Å²) in [7, 11) is 1.75. The van der Waals surface area contributed by atoms with Gasteiger partial charge in [-0.15, -0.1) is 0 Å². The molecule has 0 heterocycles. The topological polar surface area (TPSA) is 50.7 Å². The van der Waals surface area contributed by atoms with Crippen LogP contribution >= 0.6 is 0 Å². The molecule has 2 N–H and O–H groups in total. The Labute approximate surface area is 66.7 Å². The van der Waals surface area contributed by atoms with Crippen LogP contribution < -0.4 is 5.32 Å². The summed E-state index contributed by atoms with van der Waals surface area (Å²) in [5.74, 6) is 0.474. The molecule has 0 radical (unpaired) electrons. The molecule has 1 unspecified atom stereocenters. The molecule has 1 atom stereocenters. The zero-order valence-corrected chi connectivity index (χ0v) is 6.96. The Morgan fingerprint density at radius 1 is 1.73 bits per heavy atom. The average Bonchev–Trinajstić information content (AvgIpc) is 1.87. The van der Waals surface area contributed by atoms with Gasteiger partial charge >= 0.3 is 0 Å². The van der Waals surface area contributed by atoms with Crippen molar-refractivity contribution in [1.82, 2.24) is 5.32 Å². The number of rotatable bonds is 6. The van der Waals surface area contributed by atoms with E-state index in [1.165, 1.54) is 0 Å². The summed E-state index contributed by atoms with van der Waals surface area (Å²) < 4.78 is 0. The van der Waals surface area contributed by atoms with Gasteiger partial charge in [0.05, 0.1) is 6.10 Å². The third-order valence-electron chi connectivity index (χ3n) is 0.901. The fourth-order valence-corrected chi connectivity index (χ4v) is 0.508. The smallest absolute Gasteiger partial charge is 0.132 e. The number of aliphatic hydroxyl groups excluding tert-OH is 1. The molecule has 0 bridgehead atoms. The summed E-state index contributed by atoms with van der Waals surface area (Å²) in [6, 6.07) is 0. The predicted octanol–water partition coefficient (Wildman–Crippen LogP) is 0.0485. The highest BCUT2D eigenvalue weighted by molar-refractivity contribution is 4.70. The van der Waals surface area contributed by atoms with Crippen molar-refractivity contribution in [2.45, 2.75) is 13.0 Å². The molecule has 0 aliphatic carbocycles. The molecule has 0 saturated heterocycles. The van der Waals surface area contributed by atoms with Crippen LogP contribution in [-0.2, 0) is 9.78 Å². The average molecular weight is 161 g/mol. The maximum absolute atomic E-state index is 9.06. The second-order valence-electron chi connectivity index (χ2n) is 2.28. The van der Waals surface area contributed by atoms with Gasteiger partial charge in [0.25, 0.3) is 0 Å². The summed E-state index contributed by atoms with van der Waals surface area (Å²) in [4.78, 5) is 9.20. The highest BCUT2D eigenvalue weighted by atomic mass is 17.2. The van der Waals surface area contributed by atoms with Gasteiger partial charge < -0.3 is 15.3 Å². The first-order valence-corrected chi connectivity index (χ1v) is 3.44. The molecule has 0 aromatic rings. The Bertz CT molecular complexity index is 116. The lowest BCUT2D eigenvalue weighted by molar-refractivity contribution is -0.273. The van der Waals surface area contributed by atoms with Gasteiger partial charge in [-0.3, -0.25) is 0 Å². The second kappa shape index (κ2) is 6.15. The van der Waals surface area contributed by atoms with E-state index in [1.807, 2.05) is 0 Å². The van der Waals surface area contributed by atoms with Crippen molar-refractivity contribution in [3.8, 4) is 0 Å². The minimum absolute atomic E-state index is 0.147. The van der Waals surface area contributed by atoms with Crippen LogP contribution in [0.1, 0.15) is 6.92 Å². The maximum atomic E-state index is 9.06. The first-order chi connectivity index (χ1) is 5.16. The van der Waals surface area contributed by atoms with Gasteiger partial charge in [0.1, 0.15) is 12.4 Å². The molecule has 4 heteroatoms. The van der Waals surface area contributed by atoms with Crippen molar-refractivity contribution < 1.29 is 14.9 Å². The molecule has 0 aromatic heterocycles. The van der Waals surface area contributed by atoms with Crippen LogP contribution in [0.4, 0.5) is 0 Å². The van der Waals surface area contributed by atoms with Crippen molar-refractivity contribution in [2.75, 3.05) is 20.2 Å². The fraction of sp³-hybridized carbons (Fsp3) is 0.714. The second-order valence-corrected chi connectivity index (χ2v) is 2.28. The summed E-state index contributed by atoms with van der Waals surface area (Å²) in [6.45, 7) is 5.76. The highest BCUT2D eigenvalue weighted by Gasteiger charge is 2.02. The lowest BCUT2D eigenvalue weighted by atomic mass is 10.4. The Hall–Kier alpha value is -0.580. The van der Waals surface area contributed by atoms with E-state index in [4.69, 9.17) is 5.11 Å². The lowest BCUT2D eigenvalue weighted by Crippen LogP contribution is -2.27. The van der Waals surface area contributed by atoms with Crippen LogP contribution in [0.25, 0.3) is 0 Å². The first-order valence-electron chi connectivity index (χ1n) is 3.44. The largest absolute Gasteiger partial charge is 0.389 e. The fourth-order valence-electron chi connectivity index (χ4n) is 0.508. The number of aliphatic hydroxyl groups is 1. The van der Waals surface area contributed by atoms with Gasteiger partial charge in [-0.2, -0.15) is 4.89 Å². The van der Waals surface area contributed by atoms with Crippen LogP contribution in [-0.4, -0.2) is 31.4 Å². The normalized spacial score (nSPS) is 12.6. The van der Waals surface area contributed by atoms with Crippen molar-refractivity contribution >= 4 is 0 Å². The molecular weight excluding hydrogens is 146 g/mol. The monoisotopic (exact) mass is 161 g/mol. The van der Waals surface area contributed by atoms with Gasteiger partial charge in [0.2, 0.25) is 0 Å². The van der Waals surface area contributed by atoms with Crippen molar-refractivity contribution in [1.29, 1.82) is 0 Å². The minimum Gasteiger partial charge on any atom is -0.389 e. The van der Waals surface area contributed by atoms with E-state index in [2.05, 4.69) is 21.7 Å². The van der Waals surface area contributed by atoms with Gasteiger partial charge in [-0.1, -0.05) is 6.58 Å². The zero-order chi connectivity index (χ0) is 8.69. The van der Waals surface area contributed by atoms with Gasteiger partial charge in [-0.25, -0.2) is 0 Å². The van der Waals surface area contributed by atoms with Crippen molar-refractivity contribution in [3.63, 3.8) is 0 Å². The summed E-state index contributed by atoms with van der Waals surface area (Å²) in [5, 5.41) is 11.9. The molecule has 0 fully saturated rings. The summed E-state index contributed by atoms with van der Waals surface area (Å²) in [5.41, 5.74) is 0. The number of nitrogens with one attached hydrogen (secondary N) is 1. The van der Waals surface area contributed by atoms with Gasteiger partial charge in [-0.05, 0) is 14.0 Å². The van der Waals surface area contributed by atoms with Crippen LogP contribution in [0.2, 0.25) is 0 Å². The predicted molar refractivity (Wildman–Crippen MR) is 41.8 cm³/mol. The Morgan fingerprint density at radius 2 is 2.36 bits per heavy atom. The Kier molecular flexibility index (Phi) is 5.83. The molecule has 11 heavy (non-hydrogen) atoms.